The summed E-state index contributed by atoms with van der Waals surface area (Å²) in [5.74, 6) is -0.142. The summed E-state index contributed by atoms with van der Waals surface area (Å²) in [6.45, 7) is 0. The van der Waals surface area contributed by atoms with Crippen molar-refractivity contribution in [3.05, 3.63) is 58.1 Å². The largest absolute Gasteiger partial charge is 0.506 e. The van der Waals surface area contributed by atoms with Gasteiger partial charge in [-0.15, -0.1) is 0 Å². The molecular formula is C18H18ClNO2. The van der Waals surface area contributed by atoms with Crippen LogP contribution in [-0.2, 0) is 24.1 Å². The minimum absolute atomic E-state index is 0.0168. The lowest BCUT2D eigenvalue weighted by Gasteiger charge is -2.16. The summed E-state index contributed by atoms with van der Waals surface area (Å²) < 4.78 is 0. The molecule has 0 bridgehead atoms. The van der Waals surface area contributed by atoms with E-state index in [-0.39, 0.29) is 11.7 Å². The lowest BCUT2D eigenvalue weighted by atomic mass is 9.90. The van der Waals surface area contributed by atoms with Crippen molar-refractivity contribution in [2.24, 2.45) is 0 Å². The van der Waals surface area contributed by atoms with Gasteiger partial charge in [0.05, 0.1) is 12.1 Å². The number of halogens is 1. The van der Waals surface area contributed by atoms with Gasteiger partial charge in [-0.3, -0.25) is 4.79 Å². The van der Waals surface area contributed by atoms with E-state index in [4.69, 9.17) is 11.6 Å². The quantitative estimate of drug-likeness (QED) is 0.838. The van der Waals surface area contributed by atoms with Crippen LogP contribution in [0.25, 0.3) is 0 Å². The zero-order chi connectivity index (χ0) is 15.5. The highest BCUT2D eigenvalue weighted by atomic mass is 35.5. The molecule has 0 spiro atoms. The Labute approximate surface area is 134 Å². The predicted molar refractivity (Wildman–Crippen MR) is 88.5 cm³/mol. The monoisotopic (exact) mass is 315 g/mol. The Hall–Kier alpha value is -2.00. The number of rotatable bonds is 3. The molecule has 3 nitrogen and oxygen atoms in total. The Morgan fingerprint density at radius 1 is 1.09 bits per heavy atom. The minimum Gasteiger partial charge on any atom is -0.506 e. The molecule has 3 rings (SSSR count). The Morgan fingerprint density at radius 2 is 1.86 bits per heavy atom. The van der Waals surface area contributed by atoms with Gasteiger partial charge in [-0.25, -0.2) is 0 Å². The number of anilines is 1. The predicted octanol–water partition coefficient (Wildman–Crippen LogP) is 4.11. The van der Waals surface area contributed by atoms with Crippen LogP contribution in [0.15, 0.2) is 36.4 Å². The van der Waals surface area contributed by atoms with E-state index in [1.54, 1.807) is 12.1 Å². The second kappa shape index (κ2) is 6.41. The summed E-state index contributed by atoms with van der Waals surface area (Å²) in [4.78, 5) is 12.1. The van der Waals surface area contributed by atoms with Gasteiger partial charge in [0, 0.05) is 5.02 Å². The second-order valence-electron chi connectivity index (χ2n) is 5.70. The van der Waals surface area contributed by atoms with E-state index in [1.807, 2.05) is 6.07 Å². The van der Waals surface area contributed by atoms with Crippen LogP contribution in [0.5, 0.6) is 5.75 Å². The average molecular weight is 316 g/mol. The van der Waals surface area contributed by atoms with Crippen molar-refractivity contribution in [1.82, 2.24) is 0 Å². The van der Waals surface area contributed by atoms with Gasteiger partial charge in [-0.2, -0.15) is 0 Å². The van der Waals surface area contributed by atoms with Crippen molar-refractivity contribution in [3.63, 3.8) is 0 Å². The number of fused-ring (bicyclic) bond motifs is 1. The van der Waals surface area contributed by atoms with Crippen molar-refractivity contribution >= 4 is 23.2 Å². The van der Waals surface area contributed by atoms with Crippen molar-refractivity contribution in [1.29, 1.82) is 0 Å². The molecule has 0 atom stereocenters. The van der Waals surface area contributed by atoms with Gasteiger partial charge in [0.1, 0.15) is 5.75 Å². The first kappa shape index (κ1) is 14.9. The van der Waals surface area contributed by atoms with E-state index >= 15 is 0 Å². The van der Waals surface area contributed by atoms with Crippen molar-refractivity contribution in [3.8, 4) is 5.75 Å². The number of hydrogen-bond acceptors (Lipinski definition) is 2. The van der Waals surface area contributed by atoms with Crippen LogP contribution in [0.3, 0.4) is 0 Å². The molecule has 0 radical (unpaired) electrons. The van der Waals surface area contributed by atoms with Gasteiger partial charge in [-0.1, -0.05) is 29.8 Å². The van der Waals surface area contributed by atoms with Gasteiger partial charge < -0.3 is 10.4 Å². The standard InChI is InChI=1S/C18H18ClNO2/c19-15-7-8-17(21)16(11-15)20-18(22)10-12-5-6-13-3-1-2-4-14(13)9-12/h5-9,11,21H,1-4,10H2,(H,20,22). The van der Waals surface area contributed by atoms with Crippen LogP contribution in [-0.4, -0.2) is 11.0 Å². The SMILES string of the molecule is O=C(Cc1ccc2c(c1)CCCC2)Nc1cc(Cl)ccc1O. The fraction of sp³-hybridized carbons (Fsp3) is 0.278. The maximum Gasteiger partial charge on any atom is 0.228 e. The molecule has 0 aliphatic heterocycles. The molecule has 0 fully saturated rings. The Balaban J connectivity index is 1.70. The van der Waals surface area contributed by atoms with Crippen LogP contribution in [0.1, 0.15) is 29.5 Å². The number of carbonyl (C=O) groups excluding carboxylic acids is 1. The molecule has 1 aliphatic carbocycles. The van der Waals surface area contributed by atoms with Gasteiger partial charge >= 0.3 is 0 Å². The topological polar surface area (TPSA) is 49.3 Å². The number of phenols is 1. The number of hydrogen-bond donors (Lipinski definition) is 2. The third kappa shape index (κ3) is 3.42. The van der Waals surface area contributed by atoms with Crippen molar-refractivity contribution < 1.29 is 9.90 Å². The molecule has 1 amide bonds. The Bertz CT molecular complexity index is 712. The molecule has 1 aliphatic rings. The summed E-state index contributed by atoms with van der Waals surface area (Å²) >= 11 is 5.88. The molecular weight excluding hydrogens is 298 g/mol. The van der Waals surface area contributed by atoms with E-state index in [9.17, 15) is 9.90 Å². The van der Waals surface area contributed by atoms with Gasteiger partial charge in [0.2, 0.25) is 5.91 Å². The van der Waals surface area contributed by atoms with Crippen LogP contribution in [0.4, 0.5) is 5.69 Å². The second-order valence-corrected chi connectivity index (χ2v) is 6.13. The van der Waals surface area contributed by atoms with E-state index in [0.29, 0.717) is 17.1 Å². The molecule has 0 unspecified atom stereocenters. The van der Waals surface area contributed by atoms with Gasteiger partial charge in [-0.05, 0) is 60.6 Å². The number of benzene rings is 2. The fourth-order valence-electron chi connectivity index (χ4n) is 2.88. The molecule has 0 saturated carbocycles. The number of phenolic OH excluding ortho intramolecular Hbond substituents is 1. The van der Waals surface area contributed by atoms with Crippen LogP contribution in [0.2, 0.25) is 5.02 Å². The number of carbonyl (C=O) groups is 1. The highest BCUT2D eigenvalue weighted by Gasteiger charge is 2.12. The Morgan fingerprint density at radius 3 is 2.68 bits per heavy atom. The van der Waals surface area contributed by atoms with Crippen LogP contribution < -0.4 is 5.32 Å². The third-order valence-corrected chi connectivity index (χ3v) is 4.25. The molecule has 22 heavy (non-hydrogen) atoms. The minimum atomic E-state index is -0.159. The maximum atomic E-state index is 12.1. The smallest absolute Gasteiger partial charge is 0.228 e. The van der Waals surface area contributed by atoms with E-state index in [2.05, 4.69) is 17.4 Å². The molecule has 2 aromatic rings. The highest BCUT2D eigenvalue weighted by molar-refractivity contribution is 6.31. The summed E-state index contributed by atoms with van der Waals surface area (Å²) in [5, 5.41) is 12.9. The summed E-state index contributed by atoms with van der Waals surface area (Å²) in [5.41, 5.74) is 4.11. The number of nitrogens with one attached hydrogen (secondary N) is 1. The first-order chi connectivity index (χ1) is 10.6. The van der Waals surface area contributed by atoms with Gasteiger partial charge in [0.25, 0.3) is 0 Å². The normalized spacial score (nSPS) is 13.5. The lowest BCUT2D eigenvalue weighted by Crippen LogP contribution is -2.15. The highest BCUT2D eigenvalue weighted by Crippen LogP contribution is 2.27. The van der Waals surface area contributed by atoms with Crippen LogP contribution in [0, 0.1) is 0 Å². The zero-order valence-corrected chi connectivity index (χ0v) is 13.0. The van der Waals surface area contributed by atoms with Crippen molar-refractivity contribution in [2.45, 2.75) is 32.1 Å². The fourth-order valence-corrected chi connectivity index (χ4v) is 3.06. The Kier molecular flexibility index (Phi) is 4.34. The van der Waals surface area contributed by atoms with E-state index in [0.717, 1.165) is 18.4 Å². The number of aryl methyl sites for hydroxylation is 2. The third-order valence-electron chi connectivity index (χ3n) is 4.01. The van der Waals surface area contributed by atoms with E-state index < -0.39 is 0 Å². The average Bonchev–Trinajstić information content (AvgIpc) is 2.51. The summed E-state index contributed by atoms with van der Waals surface area (Å²) in [6, 6.07) is 10.9. The molecule has 2 N–H and O–H groups in total. The number of aromatic hydroxyl groups is 1. The lowest BCUT2D eigenvalue weighted by molar-refractivity contribution is -0.115. The molecule has 0 heterocycles. The van der Waals surface area contributed by atoms with E-state index in [1.165, 1.54) is 30.0 Å². The van der Waals surface area contributed by atoms with Crippen molar-refractivity contribution in [2.75, 3.05) is 5.32 Å². The zero-order valence-electron chi connectivity index (χ0n) is 12.2. The molecule has 0 aromatic heterocycles. The molecule has 114 valence electrons. The maximum absolute atomic E-state index is 12.1. The first-order valence-electron chi connectivity index (χ1n) is 7.51. The molecule has 0 saturated heterocycles. The molecule has 2 aromatic carbocycles. The first-order valence-corrected chi connectivity index (χ1v) is 7.88. The summed E-state index contributed by atoms with van der Waals surface area (Å²) in [6.07, 6.45) is 5.00. The van der Waals surface area contributed by atoms with Gasteiger partial charge in [0.15, 0.2) is 0 Å². The summed E-state index contributed by atoms with van der Waals surface area (Å²) in [7, 11) is 0. The van der Waals surface area contributed by atoms with Crippen LogP contribution >= 0.6 is 11.6 Å². The number of amides is 1. The molecule has 4 heteroatoms.